The molecule has 0 saturated heterocycles. The number of imidazole rings is 1. The quantitative estimate of drug-likeness (QED) is 0.317. The van der Waals surface area contributed by atoms with E-state index in [2.05, 4.69) is 25.5 Å². The normalized spacial score (nSPS) is 17.4. The maximum absolute atomic E-state index is 13.7. The van der Waals surface area contributed by atoms with E-state index in [1.807, 2.05) is 41.0 Å². The molecule has 1 aliphatic carbocycles. The average molecular weight is 542 g/mol. The van der Waals surface area contributed by atoms with E-state index in [-0.39, 0.29) is 17.6 Å². The van der Waals surface area contributed by atoms with Gasteiger partial charge in [-0.1, -0.05) is 23.7 Å². The molecular weight excluding hydrogens is 514 g/mol. The van der Waals surface area contributed by atoms with Crippen LogP contribution in [-0.2, 0) is 6.54 Å². The molecule has 0 aliphatic heterocycles. The predicted octanol–water partition coefficient (Wildman–Crippen LogP) is 4.92. The number of hydrogen-bond acceptors (Lipinski definition) is 5. The number of H-pyrrole nitrogens is 1. The summed E-state index contributed by atoms with van der Waals surface area (Å²) < 4.78 is 3.61. The number of fused-ring (bicyclic) bond motifs is 1. The Bertz CT molecular complexity index is 1680. The monoisotopic (exact) mass is 541 g/mol. The van der Waals surface area contributed by atoms with Crippen molar-refractivity contribution in [1.29, 1.82) is 0 Å². The summed E-state index contributed by atoms with van der Waals surface area (Å²) in [5.74, 6) is 0.198. The van der Waals surface area contributed by atoms with Crippen LogP contribution in [0.25, 0.3) is 28.0 Å². The highest BCUT2D eigenvalue weighted by Gasteiger charge is 2.25. The number of para-hydroxylation sites is 2. The van der Waals surface area contributed by atoms with E-state index < -0.39 is 0 Å². The molecule has 1 fully saturated rings. The summed E-state index contributed by atoms with van der Waals surface area (Å²) in [5.41, 5.74) is 5.25. The van der Waals surface area contributed by atoms with Gasteiger partial charge in [0.2, 0.25) is 0 Å². The zero-order chi connectivity index (χ0) is 26.9. The minimum atomic E-state index is -0.141. The van der Waals surface area contributed by atoms with Gasteiger partial charge in [-0.05, 0) is 68.9 Å². The molecule has 4 heterocycles. The van der Waals surface area contributed by atoms with Crippen molar-refractivity contribution in [3.8, 4) is 16.9 Å². The molecule has 0 unspecified atom stereocenters. The number of nitrogens with zero attached hydrogens (tertiary/aromatic N) is 5. The van der Waals surface area contributed by atoms with Gasteiger partial charge in [-0.3, -0.25) is 29.0 Å². The fourth-order valence-electron chi connectivity index (χ4n) is 5.46. The molecule has 10 heteroatoms. The van der Waals surface area contributed by atoms with Gasteiger partial charge in [-0.15, -0.1) is 0 Å². The second-order valence-electron chi connectivity index (χ2n) is 10.1. The second-order valence-corrected chi connectivity index (χ2v) is 10.5. The van der Waals surface area contributed by atoms with Gasteiger partial charge in [0.25, 0.3) is 5.91 Å². The molecule has 0 atom stereocenters. The van der Waals surface area contributed by atoms with Crippen LogP contribution in [0.1, 0.15) is 41.7 Å². The van der Waals surface area contributed by atoms with Gasteiger partial charge in [0, 0.05) is 30.5 Å². The smallest absolute Gasteiger partial charge is 0.333 e. The van der Waals surface area contributed by atoms with Crippen molar-refractivity contribution < 1.29 is 4.79 Å². The van der Waals surface area contributed by atoms with Crippen LogP contribution >= 0.6 is 11.6 Å². The molecule has 0 bridgehead atoms. The second kappa shape index (κ2) is 10.5. The van der Waals surface area contributed by atoms with Crippen molar-refractivity contribution in [2.75, 3.05) is 0 Å². The van der Waals surface area contributed by atoms with Gasteiger partial charge < -0.3 is 5.32 Å². The molecule has 0 radical (unpaired) electrons. The number of benzene rings is 1. The van der Waals surface area contributed by atoms with Gasteiger partial charge in [-0.2, -0.15) is 5.10 Å². The van der Waals surface area contributed by atoms with E-state index in [1.165, 1.54) is 0 Å². The van der Waals surface area contributed by atoms with Crippen LogP contribution in [0.2, 0.25) is 5.02 Å². The summed E-state index contributed by atoms with van der Waals surface area (Å²) in [7, 11) is 0. The van der Waals surface area contributed by atoms with Gasteiger partial charge in [-0.25, -0.2) is 4.79 Å². The summed E-state index contributed by atoms with van der Waals surface area (Å²) in [4.78, 5) is 35.3. The molecule has 1 saturated carbocycles. The van der Waals surface area contributed by atoms with Gasteiger partial charge in [0.1, 0.15) is 0 Å². The van der Waals surface area contributed by atoms with E-state index >= 15 is 0 Å². The molecule has 1 amide bonds. The molecular formula is C29H28ClN7O2. The molecule has 198 valence electrons. The Morgan fingerprint density at radius 3 is 2.56 bits per heavy atom. The summed E-state index contributed by atoms with van der Waals surface area (Å²) in [6, 6.07) is 13.4. The van der Waals surface area contributed by atoms with Crippen molar-refractivity contribution in [3.05, 3.63) is 94.0 Å². The standard InChI is InChI=1S/C29H28ClN7O2/c1-18-24(12-21(30)15-31-18)28(38)35-22-8-6-19(7-9-22)17-36-26-4-2-3-5-27(26)37(29(36)39)23-10-11-25(32-16-23)20-13-33-34-14-20/h2-5,10-16,19,22H,6-9,17H2,1H3,(H,33,34)(H,35,38). The Balaban J connectivity index is 1.18. The molecule has 0 spiro atoms. The van der Waals surface area contributed by atoms with Crippen LogP contribution in [0.4, 0.5) is 0 Å². The zero-order valence-corrected chi connectivity index (χ0v) is 22.2. The maximum atomic E-state index is 13.7. The lowest BCUT2D eigenvalue weighted by molar-refractivity contribution is 0.0919. The van der Waals surface area contributed by atoms with Crippen LogP contribution in [0.3, 0.4) is 0 Å². The molecule has 2 N–H and O–H groups in total. The third-order valence-corrected chi connectivity index (χ3v) is 7.76. The molecule has 4 aromatic heterocycles. The van der Waals surface area contributed by atoms with E-state index in [4.69, 9.17) is 11.6 Å². The lowest BCUT2D eigenvalue weighted by Gasteiger charge is -2.29. The third kappa shape index (κ3) is 4.97. The van der Waals surface area contributed by atoms with Crippen molar-refractivity contribution in [3.63, 3.8) is 0 Å². The average Bonchev–Trinajstić information content (AvgIpc) is 3.58. The first-order chi connectivity index (χ1) is 19.0. The number of halogens is 1. The highest BCUT2D eigenvalue weighted by molar-refractivity contribution is 6.30. The SMILES string of the molecule is Cc1ncc(Cl)cc1C(=O)NC1CCC(Cn2c(=O)n(-c3ccc(-c4cn[nH]c4)nc3)c3ccccc32)CC1. The van der Waals surface area contributed by atoms with E-state index in [0.29, 0.717) is 28.7 Å². The van der Waals surface area contributed by atoms with Crippen LogP contribution < -0.4 is 11.0 Å². The number of amides is 1. The Kier molecular flexibility index (Phi) is 6.74. The highest BCUT2D eigenvalue weighted by Crippen LogP contribution is 2.28. The Labute approximate surface area is 229 Å². The first-order valence-electron chi connectivity index (χ1n) is 13.1. The van der Waals surface area contributed by atoms with Gasteiger partial charge in [0.05, 0.1) is 51.1 Å². The fraction of sp³-hybridized carbons (Fsp3) is 0.276. The Morgan fingerprint density at radius 1 is 1.05 bits per heavy atom. The molecule has 1 aromatic carbocycles. The molecule has 5 aromatic rings. The first kappa shape index (κ1) is 25.1. The van der Waals surface area contributed by atoms with Crippen molar-refractivity contribution in [2.45, 2.75) is 45.2 Å². The number of pyridine rings is 2. The fourth-order valence-corrected chi connectivity index (χ4v) is 5.62. The van der Waals surface area contributed by atoms with E-state index in [9.17, 15) is 9.59 Å². The number of carbonyl (C=O) groups excluding carboxylic acids is 1. The number of aromatic nitrogens is 6. The zero-order valence-electron chi connectivity index (χ0n) is 21.5. The number of rotatable bonds is 6. The number of carbonyl (C=O) groups is 1. The molecule has 6 rings (SSSR count). The summed E-state index contributed by atoms with van der Waals surface area (Å²) >= 11 is 6.04. The number of hydrogen-bond donors (Lipinski definition) is 2. The minimum Gasteiger partial charge on any atom is -0.349 e. The van der Waals surface area contributed by atoms with Crippen LogP contribution in [0, 0.1) is 12.8 Å². The molecule has 1 aliphatic rings. The summed E-state index contributed by atoms with van der Waals surface area (Å²) in [5, 5.41) is 10.4. The predicted molar refractivity (Wildman–Crippen MR) is 150 cm³/mol. The van der Waals surface area contributed by atoms with E-state index in [1.54, 1.807) is 42.3 Å². The summed E-state index contributed by atoms with van der Waals surface area (Å²) in [6.07, 6.45) is 10.3. The first-order valence-corrected chi connectivity index (χ1v) is 13.4. The Hall–Kier alpha value is -4.24. The summed E-state index contributed by atoms with van der Waals surface area (Å²) in [6.45, 7) is 2.44. The van der Waals surface area contributed by atoms with Gasteiger partial charge >= 0.3 is 5.69 Å². The lowest BCUT2D eigenvalue weighted by atomic mass is 9.85. The van der Waals surface area contributed by atoms with Crippen LogP contribution in [0.15, 0.2) is 72.0 Å². The lowest BCUT2D eigenvalue weighted by Crippen LogP contribution is -2.39. The minimum absolute atomic E-state index is 0.0755. The largest absolute Gasteiger partial charge is 0.349 e. The van der Waals surface area contributed by atoms with Crippen molar-refractivity contribution in [1.82, 2.24) is 34.6 Å². The van der Waals surface area contributed by atoms with Gasteiger partial charge in [0.15, 0.2) is 0 Å². The van der Waals surface area contributed by atoms with Crippen LogP contribution in [-0.4, -0.2) is 41.2 Å². The third-order valence-electron chi connectivity index (χ3n) is 7.56. The van der Waals surface area contributed by atoms with E-state index in [0.717, 1.165) is 53.7 Å². The number of aryl methyl sites for hydroxylation is 1. The number of nitrogens with one attached hydrogen (secondary N) is 2. The number of aromatic amines is 1. The maximum Gasteiger partial charge on any atom is 0.333 e. The van der Waals surface area contributed by atoms with Crippen molar-refractivity contribution in [2.24, 2.45) is 5.92 Å². The molecule has 9 nitrogen and oxygen atoms in total. The molecule has 39 heavy (non-hydrogen) atoms. The topological polar surface area (TPSA) is 110 Å². The van der Waals surface area contributed by atoms with Crippen molar-refractivity contribution >= 4 is 28.5 Å². The Morgan fingerprint density at radius 2 is 1.85 bits per heavy atom. The van der Waals surface area contributed by atoms with Crippen LogP contribution in [0.5, 0.6) is 0 Å². The highest BCUT2D eigenvalue weighted by atomic mass is 35.5.